The molecule has 0 saturated carbocycles. The lowest BCUT2D eigenvalue weighted by atomic mass is 10.1. The van der Waals surface area contributed by atoms with Gasteiger partial charge < -0.3 is 10.5 Å². The van der Waals surface area contributed by atoms with Crippen LogP contribution < -0.4 is 10.5 Å². The second-order valence-electron chi connectivity index (χ2n) is 5.93. The van der Waals surface area contributed by atoms with E-state index in [0.29, 0.717) is 18.1 Å². The molecule has 0 aliphatic rings. The number of nitrogens with zero attached hydrogens (tertiary/aromatic N) is 1. The summed E-state index contributed by atoms with van der Waals surface area (Å²) < 4.78 is 5.76. The average Bonchev–Trinajstić information content (AvgIpc) is 2.73. The third-order valence-electron chi connectivity index (χ3n) is 3.93. The summed E-state index contributed by atoms with van der Waals surface area (Å²) in [6, 6.07) is 22.0. The molecule has 0 bridgehead atoms. The highest BCUT2D eigenvalue weighted by Crippen LogP contribution is 2.14. The van der Waals surface area contributed by atoms with E-state index in [1.807, 2.05) is 30.3 Å². The topological polar surface area (TPSA) is 72.0 Å². The molecule has 134 valence electrons. The van der Waals surface area contributed by atoms with E-state index in [-0.39, 0.29) is 5.71 Å². The van der Waals surface area contributed by atoms with E-state index >= 15 is 0 Å². The number of nitrogens with two attached hydrogens (primary N) is 1. The Labute approximate surface area is 159 Å². The molecule has 4 nitrogen and oxygen atoms in total. The van der Waals surface area contributed by atoms with Crippen LogP contribution in [0.4, 0.5) is 0 Å². The molecular formula is C23H21N3O. The molecular weight excluding hydrogens is 334 g/mol. The van der Waals surface area contributed by atoms with Crippen molar-refractivity contribution in [3.05, 3.63) is 108 Å². The number of pyridine rings is 1. The van der Waals surface area contributed by atoms with E-state index in [0.717, 1.165) is 11.1 Å². The van der Waals surface area contributed by atoms with Gasteiger partial charge in [0.05, 0.1) is 17.6 Å². The predicted octanol–water partition coefficient (Wildman–Crippen LogP) is 4.67. The zero-order chi connectivity index (χ0) is 18.9. The van der Waals surface area contributed by atoms with E-state index < -0.39 is 0 Å². The monoisotopic (exact) mass is 355 g/mol. The maximum Gasteiger partial charge on any atom is 0.138 e. The van der Waals surface area contributed by atoms with E-state index in [9.17, 15) is 0 Å². The van der Waals surface area contributed by atoms with E-state index in [1.165, 1.54) is 17.8 Å². The number of nitrogens with one attached hydrogen (secondary N) is 1. The summed E-state index contributed by atoms with van der Waals surface area (Å²) in [7, 11) is 0. The number of benzene rings is 2. The normalized spacial score (nSPS) is 11.1. The van der Waals surface area contributed by atoms with Crippen LogP contribution in [-0.2, 0) is 6.61 Å². The third kappa shape index (κ3) is 5.41. The molecule has 0 radical (unpaired) electrons. The lowest BCUT2D eigenvalue weighted by Crippen LogP contribution is -2.01. The molecule has 0 aliphatic carbocycles. The molecule has 4 heteroatoms. The molecule has 27 heavy (non-hydrogen) atoms. The van der Waals surface area contributed by atoms with Crippen molar-refractivity contribution in [3.8, 4) is 5.75 Å². The van der Waals surface area contributed by atoms with E-state index in [1.54, 1.807) is 18.3 Å². The van der Waals surface area contributed by atoms with Gasteiger partial charge in [-0.1, -0.05) is 66.7 Å². The van der Waals surface area contributed by atoms with Crippen molar-refractivity contribution in [1.82, 2.24) is 4.98 Å². The Bertz CT molecular complexity index is 928. The molecule has 3 rings (SSSR count). The van der Waals surface area contributed by atoms with Crippen LogP contribution in [0.1, 0.15) is 22.4 Å². The quantitative estimate of drug-likeness (QED) is 0.478. The fourth-order valence-corrected chi connectivity index (χ4v) is 2.45. The SMILES string of the molecule is N=C(C=CN)c1ccc(OCc2ccc(/C=C/c3ccccc3)cc2)cn1. The van der Waals surface area contributed by atoms with Gasteiger partial charge >= 0.3 is 0 Å². The zero-order valence-corrected chi connectivity index (χ0v) is 14.9. The number of aromatic nitrogens is 1. The van der Waals surface area contributed by atoms with Crippen LogP contribution in [0.2, 0.25) is 0 Å². The molecule has 3 N–H and O–H groups in total. The first kappa shape index (κ1) is 18.1. The Morgan fingerprint density at radius 1 is 0.926 bits per heavy atom. The van der Waals surface area contributed by atoms with Crippen molar-refractivity contribution in [2.24, 2.45) is 5.73 Å². The summed E-state index contributed by atoms with van der Waals surface area (Å²) in [6.07, 6.45) is 8.62. The largest absolute Gasteiger partial charge is 0.487 e. The van der Waals surface area contributed by atoms with Gasteiger partial charge in [-0.3, -0.25) is 10.4 Å². The van der Waals surface area contributed by atoms with Gasteiger partial charge in [0, 0.05) is 0 Å². The molecule has 0 atom stereocenters. The molecule has 0 saturated heterocycles. The maximum absolute atomic E-state index is 7.77. The standard InChI is InChI=1S/C23H21N3O/c24-15-14-22(25)23-13-12-21(16-26-23)27-17-20-10-8-19(9-11-20)7-6-18-4-2-1-3-5-18/h1-16,25H,17,24H2/b7-6+,15-14?,25-22?. The fourth-order valence-electron chi connectivity index (χ4n) is 2.45. The first-order chi connectivity index (χ1) is 13.2. The van der Waals surface area contributed by atoms with Crippen molar-refractivity contribution in [3.63, 3.8) is 0 Å². The Morgan fingerprint density at radius 2 is 1.63 bits per heavy atom. The number of hydrogen-bond acceptors (Lipinski definition) is 4. The van der Waals surface area contributed by atoms with Crippen molar-refractivity contribution >= 4 is 17.9 Å². The fraction of sp³-hybridized carbons (Fsp3) is 0.0435. The summed E-state index contributed by atoms with van der Waals surface area (Å²) in [5.41, 5.74) is 9.51. The number of rotatable bonds is 7. The highest BCUT2D eigenvalue weighted by atomic mass is 16.5. The number of hydrogen-bond donors (Lipinski definition) is 2. The third-order valence-corrected chi connectivity index (χ3v) is 3.93. The Balaban J connectivity index is 1.55. The maximum atomic E-state index is 7.77. The van der Waals surface area contributed by atoms with Crippen LogP contribution in [0.15, 0.2) is 85.2 Å². The Kier molecular flexibility index (Phi) is 6.15. The molecule has 2 aromatic carbocycles. The van der Waals surface area contributed by atoms with Gasteiger partial charge in [-0.15, -0.1) is 0 Å². The molecule has 0 aliphatic heterocycles. The molecule has 3 aromatic rings. The second-order valence-corrected chi connectivity index (χ2v) is 5.93. The van der Waals surface area contributed by atoms with E-state index in [2.05, 4.69) is 41.4 Å². The molecule has 1 heterocycles. The first-order valence-electron chi connectivity index (χ1n) is 8.63. The number of ether oxygens (including phenoxy) is 1. The smallest absolute Gasteiger partial charge is 0.138 e. The predicted molar refractivity (Wildman–Crippen MR) is 111 cm³/mol. The van der Waals surface area contributed by atoms with Crippen LogP contribution in [0, 0.1) is 5.41 Å². The van der Waals surface area contributed by atoms with Gasteiger partial charge in [0.25, 0.3) is 0 Å². The summed E-state index contributed by atoms with van der Waals surface area (Å²) in [5.74, 6) is 0.663. The summed E-state index contributed by atoms with van der Waals surface area (Å²) in [6.45, 7) is 0.462. The minimum Gasteiger partial charge on any atom is -0.487 e. The Hall–Kier alpha value is -3.66. The van der Waals surface area contributed by atoms with Gasteiger partial charge in [0.15, 0.2) is 0 Å². The van der Waals surface area contributed by atoms with Crippen molar-refractivity contribution in [2.75, 3.05) is 0 Å². The van der Waals surface area contributed by atoms with Gasteiger partial charge in [-0.25, -0.2) is 0 Å². The van der Waals surface area contributed by atoms with E-state index in [4.69, 9.17) is 15.9 Å². The van der Waals surface area contributed by atoms with Gasteiger partial charge in [0.2, 0.25) is 0 Å². The highest BCUT2D eigenvalue weighted by molar-refractivity contribution is 6.04. The lowest BCUT2D eigenvalue weighted by molar-refractivity contribution is 0.305. The summed E-state index contributed by atoms with van der Waals surface area (Å²) in [4.78, 5) is 4.21. The lowest BCUT2D eigenvalue weighted by Gasteiger charge is -2.07. The average molecular weight is 355 g/mol. The molecule has 0 amide bonds. The molecule has 0 spiro atoms. The van der Waals surface area contributed by atoms with Crippen LogP contribution in [0.25, 0.3) is 12.2 Å². The molecule has 0 fully saturated rings. The Morgan fingerprint density at radius 3 is 2.26 bits per heavy atom. The van der Waals surface area contributed by atoms with Gasteiger partial charge in [0.1, 0.15) is 12.4 Å². The van der Waals surface area contributed by atoms with Crippen LogP contribution in [0.3, 0.4) is 0 Å². The minimum absolute atomic E-state index is 0.267. The molecule has 0 unspecified atom stereocenters. The minimum atomic E-state index is 0.267. The van der Waals surface area contributed by atoms with Crippen LogP contribution >= 0.6 is 0 Å². The highest BCUT2D eigenvalue weighted by Gasteiger charge is 2.01. The summed E-state index contributed by atoms with van der Waals surface area (Å²) in [5, 5.41) is 7.77. The van der Waals surface area contributed by atoms with Crippen molar-refractivity contribution in [1.29, 1.82) is 5.41 Å². The van der Waals surface area contributed by atoms with Crippen molar-refractivity contribution in [2.45, 2.75) is 6.61 Å². The van der Waals surface area contributed by atoms with Crippen LogP contribution in [-0.4, -0.2) is 10.7 Å². The first-order valence-corrected chi connectivity index (χ1v) is 8.63. The van der Waals surface area contributed by atoms with Crippen molar-refractivity contribution < 1.29 is 4.74 Å². The van der Waals surface area contributed by atoms with Crippen LogP contribution in [0.5, 0.6) is 5.75 Å². The summed E-state index contributed by atoms with van der Waals surface area (Å²) >= 11 is 0. The van der Waals surface area contributed by atoms with Gasteiger partial charge in [-0.05, 0) is 41.1 Å². The second kappa shape index (κ2) is 9.15. The number of allylic oxidation sites excluding steroid dienone is 1. The molecule has 1 aromatic heterocycles. The van der Waals surface area contributed by atoms with Gasteiger partial charge in [-0.2, -0.15) is 0 Å². The zero-order valence-electron chi connectivity index (χ0n) is 14.9.